The first-order valence-corrected chi connectivity index (χ1v) is 8.33. The summed E-state index contributed by atoms with van der Waals surface area (Å²) in [7, 11) is 0. The van der Waals surface area contributed by atoms with Crippen molar-refractivity contribution in [2.75, 3.05) is 12.3 Å². The molecule has 0 unspecified atom stereocenters. The van der Waals surface area contributed by atoms with Crippen LogP contribution in [0.5, 0.6) is 11.6 Å². The van der Waals surface area contributed by atoms with Gasteiger partial charge in [-0.1, -0.05) is 5.16 Å². The molecule has 0 saturated heterocycles. The van der Waals surface area contributed by atoms with Crippen molar-refractivity contribution >= 4 is 22.9 Å². The molecule has 1 aromatic carbocycles. The summed E-state index contributed by atoms with van der Waals surface area (Å²) >= 11 is 0. The number of nitrogens with one attached hydrogen (secondary N) is 1. The second kappa shape index (κ2) is 6.62. The highest BCUT2D eigenvalue weighted by atomic mass is 19.1. The van der Waals surface area contributed by atoms with Gasteiger partial charge < -0.3 is 20.3 Å². The zero-order valence-electron chi connectivity index (χ0n) is 14.2. The van der Waals surface area contributed by atoms with Gasteiger partial charge in [-0.3, -0.25) is 0 Å². The molecule has 1 aliphatic carbocycles. The number of anilines is 1. The average Bonchev–Trinajstić information content (AvgIpc) is 3.36. The molecular formula is C18H18FN5O2. The second-order valence-corrected chi connectivity index (χ2v) is 6.34. The number of nitrogens with two attached hydrogens (primary N) is 1. The van der Waals surface area contributed by atoms with Gasteiger partial charge in [0.25, 0.3) is 0 Å². The van der Waals surface area contributed by atoms with Gasteiger partial charge in [-0.15, -0.1) is 0 Å². The van der Waals surface area contributed by atoms with E-state index in [1.54, 1.807) is 12.1 Å². The van der Waals surface area contributed by atoms with Crippen LogP contribution in [0.1, 0.15) is 24.1 Å². The van der Waals surface area contributed by atoms with Gasteiger partial charge in [-0.2, -0.15) is 0 Å². The van der Waals surface area contributed by atoms with E-state index in [-0.39, 0.29) is 17.4 Å². The molecule has 3 aromatic rings. The molecule has 0 amide bonds. The topological polar surface area (TPSA) is 98.4 Å². The number of benzene rings is 1. The van der Waals surface area contributed by atoms with Crippen molar-refractivity contribution in [3.63, 3.8) is 0 Å². The highest BCUT2D eigenvalue weighted by Gasteiger charge is 2.22. The number of H-pyrrole nitrogens is 1. The van der Waals surface area contributed by atoms with Crippen molar-refractivity contribution in [2.24, 2.45) is 11.1 Å². The van der Waals surface area contributed by atoms with E-state index in [1.165, 1.54) is 31.4 Å². The molecular weight excluding hydrogens is 337 g/mol. The van der Waals surface area contributed by atoms with Crippen LogP contribution in [-0.2, 0) is 4.84 Å². The van der Waals surface area contributed by atoms with Gasteiger partial charge in [0.05, 0.1) is 6.21 Å². The SMILES string of the molecule is Cc1cc2c(F)c(Oc3ncnc(N)c3/C=N/OCC3CC3)ccc2[nH]1. The number of aromatic nitrogens is 3. The van der Waals surface area contributed by atoms with Crippen LogP contribution in [0.15, 0.2) is 29.7 Å². The molecule has 0 radical (unpaired) electrons. The third kappa shape index (κ3) is 3.30. The maximum Gasteiger partial charge on any atom is 0.233 e. The minimum atomic E-state index is -0.475. The smallest absolute Gasteiger partial charge is 0.233 e. The number of aromatic amines is 1. The first kappa shape index (κ1) is 16.3. The van der Waals surface area contributed by atoms with Crippen molar-refractivity contribution in [1.29, 1.82) is 0 Å². The van der Waals surface area contributed by atoms with Crippen LogP contribution in [0, 0.1) is 18.7 Å². The van der Waals surface area contributed by atoms with Crippen LogP contribution >= 0.6 is 0 Å². The normalized spacial score (nSPS) is 14.2. The van der Waals surface area contributed by atoms with Crippen molar-refractivity contribution in [2.45, 2.75) is 19.8 Å². The molecule has 8 heteroatoms. The van der Waals surface area contributed by atoms with E-state index in [2.05, 4.69) is 20.1 Å². The number of fused-ring (bicyclic) bond motifs is 1. The number of ether oxygens (including phenoxy) is 1. The molecule has 134 valence electrons. The number of rotatable bonds is 6. The van der Waals surface area contributed by atoms with Crippen LogP contribution in [-0.4, -0.2) is 27.8 Å². The van der Waals surface area contributed by atoms with Crippen LogP contribution in [0.25, 0.3) is 10.9 Å². The first-order valence-electron chi connectivity index (χ1n) is 8.33. The maximum absolute atomic E-state index is 14.7. The Balaban J connectivity index is 1.61. The van der Waals surface area contributed by atoms with Gasteiger partial charge in [0.15, 0.2) is 11.6 Å². The Kier molecular flexibility index (Phi) is 4.16. The molecule has 1 aliphatic rings. The van der Waals surface area contributed by atoms with Gasteiger partial charge in [0, 0.05) is 16.6 Å². The number of oxime groups is 1. The van der Waals surface area contributed by atoms with Gasteiger partial charge in [-0.05, 0) is 43.9 Å². The average molecular weight is 355 g/mol. The predicted molar refractivity (Wildman–Crippen MR) is 95.8 cm³/mol. The molecule has 0 bridgehead atoms. The molecule has 0 aliphatic heterocycles. The third-order valence-corrected chi connectivity index (χ3v) is 4.19. The predicted octanol–water partition coefficient (Wildman–Crippen LogP) is 3.54. The van der Waals surface area contributed by atoms with E-state index < -0.39 is 5.82 Å². The molecule has 2 heterocycles. The monoisotopic (exact) mass is 355 g/mol. The third-order valence-electron chi connectivity index (χ3n) is 4.19. The van der Waals surface area contributed by atoms with E-state index in [0.29, 0.717) is 29.0 Å². The molecule has 2 aromatic heterocycles. The number of aryl methyl sites for hydroxylation is 1. The fourth-order valence-corrected chi connectivity index (χ4v) is 2.59. The quantitative estimate of drug-likeness (QED) is 0.520. The van der Waals surface area contributed by atoms with Crippen molar-refractivity contribution in [3.8, 4) is 11.6 Å². The minimum absolute atomic E-state index is 0.0446. The summed E-state index contributed by atoms with van der Waals surface area (Å²) < 4.78 is 20.4. The van der Waals surface area contributed by atoms with Gasteiger partial charge >= 0.3 is 0 Å². The Hall–Kier alpha value is -3.16. The highest BCUT2D eigenvalue weighted by molar-refractivity contribution is 5.88. The van der Waals surface area contributed by atoms with E-state index in [1.807, 2.05) is 6.92 Å². The second-order valence-electron chi connectivity index (χ2n) is 6.34. The summed E-state index contributed by atoms with van der Waals surface area (Å²) in [5, 5.41) is 4.35. The number of nitrogen functional groups attached to an aromatic ring is 1. The van der Waals surface area contributed by atoms with Crippen LogP contribution in [0.2, 0.25) is 0 Å². The summed E-state index contributed by atoms with van der Waals surface area (Å²) in [6, 6.07) is 5.01. The molecule has 7 nitrogen and oxygen atoms in total. The molecule has 0 spiro atoms. The fraction of sp³-hybridized carbons (Fsp3) is 0.278. The van der Waals surface area contributed by atoms with Crippen LogP contribution < -0.4 is 10.5 Å². The lowest BCUT2D eigenvalue weighted by atomic mass is 10.2. The molecule has 1 saturated carbocycles. The minimum Gasteiger partial charge on any atom is -0.435 e. The van der Waals surface area contributed by atoms with Crippen molar-refractivity contribution in [1.82, 2.24) is 15.0 Å². The van der Waals surface area contributed by atoms with Gasteiger partial charge in [0.1, 0.15) is 24.3 Å². The Bertz CT molecular complexity index is 981. The van der Waals surface area contributed by atoms with Crippen molar-refractivity contribution in [3.05, 3.63) is 41.6 Å². The lowest BCUT2D eigenvalue weighted by molar-refractivity contribution is 0.135. The number of nitrogens with zero attached hydrogens (tertiary/aromatic N) is 3. The fourth-order valence-electron chi connectivity index (χ4n) is 2.59. The van der Waals surface area contributed by atoms with E-state index >= 15 is 0 Å². The molecule has 26 heavy (non-hydrogen) atoms. The van der Waals surface area contributed by atoms with E-state index in [9.17, 15) is 4.39 Å². The Morgan fingerprint density at radius 1 is 1.38 bits per heavy atom. The first-order chi connectivity index (χ1) is 12.6. The van der Waals surface area contributed by atoms with Gasteiger partial charge in [-0.25, -0.2) is 14.4 Å². The van der Waals surface area contributed by atoms with Gasteiger partial charge in [0.2, 0.25) is 5.88 Å². The highest BCUT2D eigenvalue weighted by Crippen LogP contribution is 2.32. The summed E-state index contributed by atoms with van der Waals surface area (Å²) in [4.78, 5) is 16.3. The van der Waals surface area contributed by atoms with E-state index in [4.69, 9.17) is 15.3 Å². The van der Waals surface area contributed by atoms with Crippen LogP contribution in [0.4, 0.5) is 10.2 Å². The molecule has 3 N–H and O–H groups in total. The maximum atomic E-state index is 14.7. The summed E-state index contributed by atoms with van der Waals surface area (Å²) in [5.41, 5.74) is 7.79. The lowest BCUT2D eigenvalue weighted by Gasteiger charge is -2.09. The Labute approximate surface area is 149 Å². The Morgan fingerprint density at radius 3 is 3.04 bits per heavy atom. The van der Waals surface area contributed by atoms with Crippen LogP contribution in [0.3, 0.4) is 0 Å². The van der Waals surface area contributed by atoms with E-state index in [0.717, 1.165) is 5.69 Å². The zero-order valence-corrected chi connectivity index (χ0v) is 14.2. The number of hydrogen-bond donors (Lipinski definition) is 2. The molecule has 4 rings (SSSR count). The van der Waals surface area contributed by atoms with Crippen molar-refractivity contribution < 1.29 is 14.0 Å². The summed E-state index contributed by atoms with van der Waals surface area (Å²) in [6.45, 7) is 2.43. The lowest BCUT2D eigenvalue weighted by Crippen LogP contribution is -2.03. The largest absolute Gasteiger partial charge is 0.435 e. The Morgan fingerprint density at radius 2 is 2.23 bits per heavy atom. The molecule has 0 atom stereocenters. The number of hydrogen-bond acceptors (Lipinski definition) is 6. The molecule has 1 fully saturated rings. The summed E-state index contributed by atoms with van der Waals surface area (Å²) in [5.74, 6) is 0.437. The standard InChI is InChI=1S/C18H18FN5O2/c1-10-6-12-14(24-10)4-5-15(16(12)19)26-18-13(17(20)21-9-22-18)7-23-25-8-11-2-3-11/h4-7,9,11,24H,2-3,8H2,1H3,(H2,20,21,22)/b23-7+. The zero-order chi connectivity index (χ0) is 18.1. The number of halogens is 1. The summed E-state index contributed by atoms with van der Waals surface area (Å²) in [6.07, 6.45) is 4.98.